The van der Waals surface area contributed by atoms with Crippen LogP contribution in [-0.2, 0) is 14.2 Å². The molecule has 2 unspecified atom stereocenters. The van der Waals surface area contributed by atoms with E-state index in [9.17, 15) is 4.79 Å². The number of hydrogen-bond acceptors (Lipinski definition) is 6. The van der Waals surface area contributed by atoms with Crippen LogP contribution in [0, 0.1) is 5.92 Å². The SMILES string of the molecule is COC1=NC(C(C)C)C(OC)=NC1COC(=O)n1ccc2ccccc21. The fourth-order valence-corrected chi connectivity index (χ4v) is 2.93. The molecule has 0 amide bonds. The van der Waals surface area contributed by atoms with Gasteiger partial charge in [0.05, 0.1) is 19.7 Å². The van der Waals surface area contributed by atoms with Gasteiger partial charge < -0.3 is 14.2 Å². The minimum atomic E-state index is -0.518. The van der Waals surface area contributed by atoms with Gasteiger partial charge >= 0.3 is 6.09 Å². The van der Waals surface area contributed by atoms with Crippen molar-refractivity contribution < 1.29 is 19.0 Å². The Morgan fingerprint density at radius 3 is 2.54 bits per heavy atom. The molecule has 2 aromatic rings. The molecule has 26 heavy (non-hydrogen) atoms. The predicted molar refractivity (Wildman–Crippen MR) is 100.0 cm³/mol. The van der Waals surface area contributed by atoms with Gasteiger partial charge in [0.1, 0.15) is 12.6 Å². The summed E-state index contributed by atoms with van der Waals surface area (Å²) in [6, 6.07) is 8.77. The van der Waals surface area contributed by atoms with Crippen LogP contribution in [-0.4, -0.2) is 55.4 Å². The summed E-state index contributed by atoms with van der Waals surface area (Å²) in [6.07, 6.45) is 1.22. The normalized spacial score (nSPS) is 19.9. The van der Waals surface area contributed by atoms with Gasteiger partial charge in [-0.1, -0.05) is 32.0 Å². The number of methoxy groups -OCH3 is 2. The smallest absolute Gasteiger partial charge is 0.418 e. The molecule has 1 aliphatic heterocycles. The summed E-state index contributed by atoms with van der Waals surface area (Å²) in [7, 11) is 3.11. The van der Waals surface area contributed by atoms with Crippen LogP contribution < -0.4 is 0 Å². The standard InChI is InChI=1S/C19H23N3O4/c1-12(2)16-18(25-4)20-14(17(21-16)24-3)11-26-19(23)22-10-9-13-7-5-6-8-15(13)22/h5-10,12,14,16H,11H2,1-4H3. The van der Waals surface area contributed by atoms with Crippen LogP contribution in [0.15, 0.2) is 46.5 Å². The van der Waals surface area contributed by atoms with Gasteiger partial charge in [-0.25, -0.2) is 14.8 Å². The van der Waals surface area contributed by atoms with Gasteiger partial charge in [-0.15, -0.1) is 0 Å². The van der Waals surface area contributed by atoms with Gasteiger partial charge in [0, 0.05) is 11.6 Å². The van der Waals surface area contributed by atoms with E-state index in [1.807, 2.05) is 44.2 Å². The second-order valence-electron chi connectivity index (χ2n) is 6.37. The minimum absolute atomic E-state index is 0.0235. The molecule has 1 aromatic heterocycles. The second kappa shape index (κ2) is 7.59. The van der Waals surface area contributed by atoms with Crippen molar-refractivity contribution in [1.82, 2.24) is 4.57 Å². The molecule has 0 saturated heterocycles. The first-order valence-corrected chi connectivity index (χ1v) is 8.51. The van der Waals surface area contributed by atoms with E-state index in [1.54, 1.807) is 13.3 Å². The number of carbonyl (C=O) groups excluding carboxylic acids is 1. The van der Waals surface area contributed by atoms with Gasteiger partial charge in [0.2, 0.25) is 11.8 Å². The van der Waals surface area contributed by atoms with Crippen LogP contribution >= 0.6 is 0 Å². The van der Waals surface area contributed by atoms with Gasteiger partial charge in [0.25, 0.3) is 0 Å². The lowest BCUT2D eigenvalue weighted by Gasteiger charge is -2.26. The third-order valence-corrected chi connectivity index (χ3v) is 4.30. The highest BCUT2D eigenvalue weighted by Crippen LogP contribution is 2.19. The molecule has 0 fully saturated rings. The zero-order valence-electron chi connectivity index (χ0n) is 15.4. The Kier molecular flexibility index (Phi) is 5.25. The van der Waals surface area contributed by atoms with E-state index in [0.29, 0.717) is 11.8 Å². The zero-order valence-corrected chi connectivity index (χ0v) is 15.4. The topological polar surface area (TPSA) is 74.4 Å². The number of nitrogens with zero attached hydrogens (tertiary/aromatic N) is 3. The van der Waals surface area contributed by atoms with Crippen molar-refractivity contribution in [3.05, 3.63) is 36.5 Å². The molecule has 1 aromatic carbocycles. The summed E-state index contributed by atoms with van der Waals surface area (Å²) < 4.78 is 17.7. The molecule has 0 aliphatic carbocycles. The molecular formula is C19H23N3O4. The maximum atomic E-state index is 12.5. The minimum Gasteiger partial charge on any atom is -0.483 e. The molecular weight excluding hydrogens is 334 g/mol. The van der Waals surface area contributed by atoms with Crippen molar-refractivity contribution in [3.63, 3.8) is 0 Å². The number of aromatic nitrogens is 1. The number of hydrogen-bond donors (Lipinski definition) is 0. The monoisotopic (exact) mass is 357 g/mol. The summed E-state index contributed by atoms with van der Waals surface area (Å²) >= 11 is 0. The van der Waals surface area contributed by atoms with Crippen LogP contribution in [0.5, 0.6) is 0 Å². The van der Waals surface area contributed by atoms with Crippen LogP contribution in [0.25, 0.3) is 10.9 Å². The van der Waals surface area contributed by atoms with E-state index in [1.165, 1.54) is 11.7 Å². The van der Waals surface area contributed by atoms with E-state index in [4.69, 9.17) is 14.2 Å². The lowest BCUT2D eigenvalue weighted by atomic mass is 10.0. The van der Waals surface area contributed by atoms with Crippen molar-refractivity contribution in [2.45, 2.75) is 25.9 Å². The third kappa shape index (κ3) is 3.42. The fraction of sp³-hybridized carbons (Fsp3) is 0.421. The lowest BCUT2D eigenvalue weighted by molar-refractivity contribution is 0.144. The highest BCUT2D eigenvalue weighted by molar-refractivity contribution is 5.94. The summed E-state index contributed by atoms with van der Waals surface area (Å²) in [5.41, 5.74) is 0.794. The van der Waals surface area contributed by atoms with Gasteiger partial charge in [0.15, 0.2) is 6.04 Å². The number of para-hydroxylation sites is 1. The number of fused-ring (bicyclic) bond motifs is 1. The lowest BCUT2D eigenvalue weighted by Crippen LogP contribution is -2.39. The Hall–Kier alpha value is -2.83. The van der Waals surface area contributed by atoms with E-state index in [0.717, 1.165) is 10.9 Å². The predicted octanol–water partition coefficient (Wildman–Crippen LogP) is 3.12. The molecule has 1 aliphatic rings. The van der Waals surface area contributed by atoms with Crippen LogP contribution in [0.4, 0.5) is 4.79 Å². The third-order valence-electron chi connectivity index (χ3n) is 4.30. The van der Waals surface area contributed by atoms with Crippen molar-refractivity contribution >= 4 is 28.8 Å². The van der Waals surface area contributed by atoms with Gasteiger partial charge in [-0.2, -0.15) is 0 Å². The first-order valence-electron chi connectivity index (χ1n) is 8.51. The maximum Gasteiger partial charge on any atom is 0.418 e. The maximum absolute atomic E-state index is 12.5. The highest BCUT2D eigenvalue weighted by atomic mass is 16.6. The van der Waals surface area contributed by atoms with Crippen LogP contribution in [0.3, 0.4) is 0 Å². The van der Waals surface area contributed by atoms with E-state index in [2.05, 4.69) is 9.98 Å². The summed E-state index contributed by atoms with van der Waals surface area (Å²) in [6.45, 7) is 4.09. The zero-order chi connectivity index (χ0) is 18.7. The van der Waals surface area contributed by atoms with Crippen LogP contribution in [0.2, 0.25) is 0 Å². The Labute approximate surface area is 152 Å². The largest absolute Gasteiger partial charge is 0.483 e. The van der Waals surface area contributed by atoms with Gasteiger partial charge in [-0.05, 0) is 18.1 Å². The number of benzene rings is 1. The average molecular weight is 357 g/mol. The van der Waals surface area contributed by atoms with E-state index >= 15 is 0 Å². The van der Waals surface area contributed by atoms with Crippen molar-refractivity contribution in [3.8, 4) is 0 Å². The molecule has 138 valence electrons. The first-order chi connectivity index (χ1) is 12.5. The Morgan fingerprint density at radius 1 is 1.12 bits per heavy atom. The van der Waals surface area contributed by atoms with E-state index in [-0.39, 0.29) is 18.6 Å². The number of aliphatic imine (C=N–C) groups is 2. The summed E-state index contributed by atoms with van der Waals surface area (Å²) in [5.74, 6) is 1.18. The molecule has 0 N–H and O–H groups in total. The summed E-state index contributed by atoms with van der Waals surface area (Å²) in [4.78, 5) is 21.5. The molecule has 0 radical (unpaired) electrons. The molecule has 2 heterocycles. The van der Waals surface area contributed by atoms with Gasteiger partial charge in [-0.3, -0.25) is 4.57 Å². The Balaban J connectivity index is 1.74. The van der Waals surface area contributed by atoms with Crippen LogP contribution in [0.1, 0.15) is 13.8 Å². The molecule has 0 saturated carbocycles. The summed E-state index contributed by atoms with van der Waals surface area (Å²) in [5, 5.41) is 0.973. The van der Waals surface area contributed by atoms with E-state index < -0.39 is 12.1 Å². The molecule has 7 nitrogen and oxygen atoms in total. The average Bonchev–Trinajstić information content (AvgIpc) is 3.09. The van der Waals surface area contributed by atoms with Crippen molar-refractivity contribution in [2.75, 3.05) is 20.8 Å². The Morgan fingerprint density at radius 2 is 1.85 bits per heavy atom. The first kappa shape index (κ1) is 18.0. The highest BCUT2D eigenvalue weighted by Gasteiger charge is 2.31. The fourth-order valence-electron chi connectivity index (χ4n) is 2.93. The molecule has 2 atom stereocenters. The number of rotatable bonds is 3. The molecule has 3 rings (SSSR count). The second-order valence-corrected chi connectivity index (χ2v) is 6.37. The quantitative estimate of drug-likeness (QED) is 0.846. The molecule has 7 heteroatoms. The molecule has 0 spiro atoms. The van der Waals surface area contributed by atoms with Crippen molar-refractivity contribution in [1.29, 1.82) is 0 Å². The number of carbonyl (C=O) groups is 1. The number of ether oxygens (including phenoxy) is 3. The van der Waals surface area contributed by atoms with Crippen molar-refractivity contribution in [2.24, 2.45) is 15.9 Å². The Bertz CT molecular complexity index is 853. The molecule has 0 bridgehead atoms.